The van der Waals surface area contributed by atoms with Crippen LogP contribution >= 0.6 is 11.6 Å². The van der Waals surface area contributed by atoms with Crippen molar-refractivity contribution in [3.8, 4) is 11.4 Å². The van der Waals surface area contributed by atoms with Crippen molar-refractivity contribution >= 4 is 17.5 Å². The van der Waals surface area contributed by atoms with Crippen molar-refractivity contribution in [3.05, 3.63) is 22.5 Å². The Morgan fingerprint density at radius 3 is 2.56 bits per heavy atom. The van der Waals surface area contributed by atoms with E-state index < -0.39 is 0 Å². The highest BCUT2D eigenvalue weighted by Gasteiger charge is 2.45. The number of halogens is 1. The normalized spacial score (nSPS) is 19.4. The zero-order chi connectivity index (χ0) is 23.1. The van der Waals surface area contributed by atoms with Crippen LogP contribution in [0.2, 0.25) is 5.15 Å². The van der Waals surface area contributed by atoms with Crippen LogP contribution in [0, 0.1) is 17.8 Å². The number of aryl methyl sites for hydroxylation is 2. The van der Waals surface area contributed by atoms with Crippen molar-refractivity contribution in [2.45, 2.75) is 73.4 Å². The first-order valence-electron chi connectivity index (χ1n) is 11.8. The van der Waals surface area contributed by atoms with Crippen molar-refractivity contribution in [2.24, 2.45) is 10.8 Å². The van der Waals surface area contributed by atoms with Crippen LogP contribution < -0.4 is 0 Å². The highest BCUT2D eigenvalue weighted by Crippen LogP contribution is 2.42. The Morgan fingerprint density at radius 2 is 1.97 bits per heavy atom. The lowest BCUT2D eigenvalue weighted by molar-refractivity contribution is -0.128. The van der Waals surface area contributed by atoms with Crippen LogP contribution in [0.4, 0.5) is 0 Å². The molecule has 2 aromatic rings. The van der Waals surface area contributed by atoms with E-state index in [-0.39, 0.29) is 11.3 Å². The monoisotopic (exact) mass is 461 g/mol. The Morgan fingerprint density at radius 1 is 1.25 bits per heavy atom. The van der Waals surface area contributed by atoms with E-state index in [4.69, 9.17) is 16.1 Å². The maximum atomic E-state index is 13.0. The molecule has 2 aromatic heterocycles. The molecule has 0 N–H and O–H groups in total. The molecule has 0 unspecified atom stereocenters. The summed E-state index contributed by atoms with van der Waals surface area (Å²) in [6.07, 6.45) is 4.00. The Hall–Kier alpha value is -1.86. The number of hydrogen-bond donors (Lipinski definition) is 0. The van der Waals surface area contributed by atoms with E-state index in [9.17, 15) is 4.79 Å². The zero-order valence-electron chi connectivity index (χ0n) is 20.1. The van der Waals surface area contributed by atoms with Crippen LogP contribution in [0.25, 0.3) is 11.4 Å². The molecule has 4 rings (SSSR count). The van der Waals surface area contributed by atoms with Gasteiger partial charge in [-0.1, -0.05) is 37.5 Å². The molecule has 4 heterocycles. The summed E-state index contributed by atoms with van der Waals surface area (Å²) in [6, 6.07) is 1.86. The molecule has 2 fully saturated rings. The van der Waals surface area contributed by atoms with Gasteiger partial charge in [0.15, 0.2) is 0 Å². The van der Waals surface area contributed by atoms with Gasteiger partial charge in [0.2, 0.25) is 5.91 Å². The second kappa shape index (κ2) is 8.82. The number of amides is 1. The summed E-state index contributed by atoms with van der Waals surface area (Å²) >= 11 is 6.68. The first-order valence-corrected chi connectivity index (χ1v) is 12.2. The summed E-state index contributed by atoms with van der Waals surface area (Å²) in [5.41, 5.74) is 2.68. The molecule has 2 aliphatic rings. The molecule has 7 nitrogen and oxygen atoms in total. The molecule has 32 heavy (non-hydrogen) atoms. The fraction of sp³-hybridized carbons (Fsp3) is 0.708. The summed E-state index contributed by atoms with van der Waals surface area (Å²) in [6.45, 7) is 16.0. The molecule has 0 aliphatic carbocycles. The smallest absolute Gasteiger partial charge is 0.223 e. The fourth-order valence-corrected chi connectivity index (χ4v) is 5.21. The van der Waals surface area contributed by atoms with Gasteiger partial charge in [-0.15, -0.1) is 0 Å². The van der Waals surface area contributed by atoms with Gasteiger partial charge in [0.25, 0.3) is 0 Å². The average Bonchev–Trinajstić information content (AvgIpc) is 3.38. The molecule has 0 aromatic carbocycles. The molecule has 2 saturated heterocycles. The van der Waals surface area contributed by atoms with E-state index in [2.05, 4.69) is 35.9 Å². The molecular formula is C24H36ClN5O2. The van der Waals surface area contributed by atoms with Crippen LogP contribution in [0.3, 0.4) is 0 Å². The van der Waals surface area contributed by atoms with Gasteiger partial charge >= 0.3 is 0 Å². The van der Waals surface area contributed by atoms with Gasteiger partial charge in [-0.2, -0.15) is 5.10 Å². The number of likely N-dealkylation sites (tertiary alicyclic amines) is 2. The third-order valence-electron chi connectivity index (χ3n) is 7.00. The molecule has 1 amide bonds. The lowest BCUT2D eigenvalue weighted by Crippen LogP contribution is -2.42. The standard InChI is InChI=1S/C24H36ClN5O2/c1-6-30-22(25)18(21(26-30)19-13-17(2)32-27-19)15-29-16-24(14-20(29)31)8-11-28(12-9-24)10-7-23(3,4)5/h13H,6-12,14-16H2,1-5H3. The Bertz CT molecular complexity index is 966. The minimum absolute atomic E-state index is 0.0905. The molecule has 1 spiro atoms. The van der Waals surface area contributed by atoms with E-state index >= 15 is 0 Å². The van der Waals surface area contributed by atoms with E-state index in [1.165, 1.54) is 6.42 Å². The minimum Gasteiger partial charge on any atom is -0.361 e. The van der Waals surface area contributed by atoms with Crippen molar-refractivity contribution in [1.29, 1.82) is 0 Å². The molecule has 0 radical (unpaired) electrons. The third kappa shape index (κ3) is 4.88. The second-order valence-electron chi connectivity index (χ2n) is 10.8. The van der Waals surface area contributed by atoms with Crippen molar-refractivity contribution < 1.29 is 9.32 Å². The van der Waals surface area contributed by atoms with Gasteiger partial charge in [0, 0.05) is 31.1 Å². The van der Waals surface area contributed by atoms with E-state index in [1.54, 1.807) is 4.68 Å². The van der Waals surface area contributed by atoms with Crippen LogP contribution in [0.15, 0.2) is 10.6 Å². The van der Waals surface area contributed by atoms with Crippen LogP contribution in [-0.4, -0.2) is 56.8 Å². The Balaban J connectivity index is 1.46. The summed E-state index contributed by atoms with van der Waals surface area (Å²) in [7, 11) is 0. The predicted octanol–water partition coefficient (Wildman–Crippen LogP) is 4.77. The number of carbonyl (C=O) groups is 1. The van der Waals surface area contributed by atoms with E-state index in [0.29, 0.717) is 41.5 Å². The second-order valence-corrected chi connectivity index (χ2v) is 11.2. The molecule has 0 atom stereocenters. The molecule has 0 bridgehead atoms. The Kier molecular flexibility index (Phi) is 6.43. The lowest BCUT2D eigenvalue weighted by atomic mass is 9.77. The number of rotatable bonds is 6. The van der Waals surface area contributed by atoms with Crippen LogP contribution in [0.1, 0.15) is 64.7 Å². The fourth-order valence-electron chi connectivity index (χ4n) is 4.91. The van der Waals surface area contributed by atoms with Gasteiger partial charge in [0.1, 0.15) is 22.3 Å². The number of nitrogens with zero attached hydrogens (tertiary/aromatic N) is 5. The largest absolute Gasteiger partial charge is 0.361 e. The third-order valence-corrected chi connectivity index (χ3v) is 7.42. The van der Waals surface area contributed by atoms with Gasteiger partial charge in [-0.3, -0.25) is 9.48 Å². The predicted molar refractivity (Wildman–Crippen MR) is 125 cm³/mol. The van der Waals surface area contributed by atoms with E-state index in [1.807, 2.05) is 24.8 Å². The van der Waals surface area contributed by atoms with E-state index in [0.717, 1.165) is 50.3 Å². The van der Waals surface area contributed by atoms with Crippen molar-refractivity contribution in [3.63, 3.8) is 0 Å². The molecule has 2 aliphatic heterocycles. The topological polar surface area (TPSA) is 67.4 Å². The minimum atomic E-state index is 0.0905. The van der Waals surface area contributed by atoms with Gasteiger partial charge in [0.05, 0.1) is 6.54 Å². The summed E-state index contributed by atoms with van der Waals surface area (Å²) in [5.74, 6) is 0.943. The van der Waals surface area contributed by atoms with Crippen LogP contribution in [-0.2, 0) is 17.9 Å². The molecule has 176 valence electrons. The molecular weight excluding hydrogens is 426 g/mol. The maximum Gasteiger partial charge on any atom is 0.223 e. The number of piperidine rings is 1. The zero-order valence-corrected chi connectivity index (χ0v) is 20.8. The van der Waals surface area contributed by atoms with Crippen molar-refractivity contribution in [1.82, 2.24) is 24.7 Å². The summed E-state index contributed by atoms with van der Waals surface area (Å²) in [4.78, 5) is 17.6. The highest BCUT2D eigenvalue weighted by atomic mass is 35.5. The molecule has 0 saturated carbocycles. The SMILES string of the molecule is CCn1nc(-c2cc(C)on2)c(CN2CC3(CCN(CCC(C)(C)C)CC3)CC2=O)c1Cl. The average molecular weight is 462 g/mol. The molecule has 8 heteroatoms. The van der Waals surface area contributed by atoms with Gasteiger partial charge < -0.3 is 14.3 Å². The first-order chi connectivity index (χ1) is 15.1. The maximum absolute atomic E-state index is 13.0. The van der Waals surface area contributed by atoms with Crippen LogP contribution in [0.5, 0.6) is 0 Å². The van der Waals surface area contributed by atoms with Gasteiger partial charge in [-0.05, 0) is 63.6 Å². The number of hydrogen-bond acceptors (Lipinski definition) is 5. The van der Waals surface area contributed by atoms with Crippen molar-refractivity contribution in [2.75, 3.05) is 26.2 Å². The lowest BCUT2D eigenvalue weighted by Gasteiger charge is -2.39. The first kappa shape index (κ1) is 23.3. The highest BCUT2D eigenvalue weighted by molar-refractivity contribution is 6.30. The summed E-state index contributed by atoms with van der Waals surface area (Å²) in [5, 5.41) is 9.37. The summed E-state index contributed by atoms with van der Waals surface area (Å²) < 4.78 is 7.03. The number of aromatic nitrogens is 3. The quantitative estimate of drug-likeness (QED) is 0.619. The number of carbonyl (C=O) groups excluding carboxylic acids is 1. The van der Waals surface area contributed by atoms with Gasteiger partial charge in [-0.25, -0.2) is 0 Å². The Labute approximate surface area is 196 Å².